The molecule has 10 heteroatoms. The predicted octanol–water partition coefficient (Wildman–Crippen LogP) is 5.14. The van der Waals surface area contributed by atoms with Crippen LogP contribution in [0.15, 0.2) is 83.4 Å². The summed E-state index contributed by atoms with van der Waals surface area (Å²) in [6.45, 7) is 0. The number of hydrogen-bond donors (Lipinski definition) is 2. The average Bonchev–Trinajstić information content (AvgIpc) is 3.49. The van der Waals surface area contributed by atoms with E-state index >= 15 is 0 Å². The van der Waals surface area contributed by atoms with Crippen molar-refractivity contribution < 1.29 is 19.2 Å². The Hall–Kier alpha value is -4.44. The number of benzene rings is 2. The predicted molar refractivity (Wildman–Crippen MR) is 133 cm³/mol. The van der Waals surface area contributed by atoms with Gasteiger partial charge in [-0.1, -0.05) is 18.2 Å². The van der Waals surface area contributed by atoms with Crippen LogP contribution in [0.25, 0.3) is 11.3 Å². The molecule has 1 fully saturated rings. The fraction of sp³-hybridized carbons (Fsp3) is 0.120. The molecular weight excluding hydrogens is 468 g/mol. The number of anilines is 1. The van der Waals surface area contributed by atoms with Crippen molar-refractivity contribution in [3.8, 4) is 22.8 Å². The molecule has 5 rings (SSSR count). The monoisotopic (exact) mass is 488 g/mol. The Bertz CT molecular complexity index is 1410. The van der Waals surface area contributed by atoms with Crippen molar-refractivity contribution in [1.82, 2.24) is 10.3 Å². The molecule has 35 heavy (non-hydrogen) atoms. The molecule has 2 N–H and O–H groups in total. The highest BCUT2D eigenvalue weighted by Crippen LogP contribution is 2.45. The van der Waals surface area contributed by atoms with E-state index in [9.17, 15) is 15.2 Å². The number of nitro groups is 1. The van der Waals surface area contributed by atoms with Crippen molar-refractivity contribution in [3.63, 3.8) is 0 Å². The second-order valence-corrected chi connectivity index (χ2v) is 8.22. The molecule has 2 atom stereocenters. The minimum absolute atomic E-state index is 0.0761. The number of phenolic OH excluding ortho intramolecular Hbond substituents is 1. The first-order chi connectivity index (χ1) is 17.0. The molecule has 0 saturated carbocycles. The standard InChI is InChI=1S/C25H20N4O5S/c1-33-22-14-15(29(31)32)9-10-16(22)20-11-12-21(34-20)24-23(17-6-4-5-13-26-17)27-25(35)28(24)18-7-2-3-8-19(18)30/h2-14,23-24,30H,1H3,(H,27,35). The van der Waals surface area contributed by atoms with Gasteiger partial charge >= 0.3 is 0 Å². The van der Waals surface area contributed by atoms with E-state index < -0.39 is 11.0 Å². The maximum absolute atomic E-state index is 11.2. The lowest BCUT2D eigenvalue weighted by Crippen LogP contribution is -2.29. The topological polar surface area (TPSA) is 114 Å². The number of nitro benzene ring substituents is 1. The van der Waals surface area contributed by atoms with Crippen molar-refractivity contribution in [2.45, 2.75) is 12.1 Å². The lowest BCUT2D eigenvalue weighted by atomic mass is 10.0. The van der Waals surface area contributed by atoms with Crippen LogP contribution in [-0.4, -0.2) is 27.2 Å². The summed E-state index contributed by atoms with van der Waals surface area (Å²) in [6.07, 6.45) is 1.70. The molecule has 1 aliphatic heterocycles. The number of phenols is 1. The van der Waals surface area contributed by atoms with Crippen LogP contribution in [-0.2, 0) is 0 Å². The highest BCUT2D eigenvalue weighted by atomic mass is 32.1. The van der Waals surface area contributed by atoms with Crippen LogP contribution in [0, 0.1) is 10.1 Å². The van der Waals surface area contributed by atoms with Crippen LogP contribution in [0.3, 0.4) is 0 Å². The molecule has 0 bridgehead atoms. The molecule has 1 aliphatic rings. The third kappa shape index (κ3) is 4.04. The summed E-state index contributed by atoms with van der Waals surface area (Å²) >= 11 is 5.67. The van der Waals surface area contributed by atoms with Crippen molar-refractivity contribution in [3.05, 3.63) is 101 Å². The molecule has 2 aromatic heterocycles. The Kier molecular flexibility index (Phi) is 5.79. The number of para-hydroxylation sites is 2. The number of pyridine rings is 1. The zero-order valence-corrected chi connectivity index (χ0v) is 19.3. The maximum atomic E-state index is 11.2. The van der Waals surface area contributed by atoms with Crippen LogP contribution in [0.5, 0.6) is 11.5 Å². The molecule has 0 aliphatic carbocycles. The van der Waals surface area contributed by atoms with Gasteiger partial charge in [-0.25, -0.2) is 0 Å². The van der Waals surface area contributed by atoms with Gasteiger partial charge in [0.1, 0.15) is 29.1 Å². The van der Waals surface area contributed by atoms with Gasteiger partial charge in [-0.3, -0.25) is 15.1 Å². The SMILES string of the molecule is COc1cc([N+](=O)[O-])ccc1-c1ccc(C2C(c3ccccn3)NC(=S)N2c2ccccc2O)o1. The largest absolute Gasteiger partial charge is 0.506 e. The van der Waals surface area contributed by atoms with Gasteiger partial charge < -0.3 is 24.5 Å². The Balaban J connectivity index is 1.61. The number of ether oxygens (including phenoxy) is 1. The lowest BCUT2D eigenvalue weighted by molar-refractivity contribution is -0.384. The summed E-state index contributed by atoms with van der Waals surface area (Å²) in [5.41, 5.74) is 1.77. The van der Waals surface area contributed by atoms with Gasteiger partial charge in [0.15, 0.2) is 5.11 Å². The normalized spacial score (nSPS) is 17.3. The highest BCUT2D eigenvalue weighted by Gasteiger charge is 2.43. The number of thiocarbonyl (C=S) groups is 1. The van der Waals surface area contributed by atoms with Gasteiger partial charge in [-0.15, -0.1) is 0 Å². The summed E-state index contributed by atoms with van der Waals surface area (Å²) < 4.78 is 11.7. The second-order valence-electron chi connectivity index (χ2n) is 7.83. The van der Waals surface area contributed by atoms with Crippen molar-refractivity contribution >= 4 is 28.7 Å². The zero-order valence-electron chi connectivity index (χ0n) is 18.5. The van der Waals surface area contributed by atoms with Crippen molar-refractivity contribution in [2.75, 3.05) is 12.0 Å². The van der Waals surface area contributed by atoms with Gasteiger partial charge in [0, 0.05) is 12.3 Å². The number of nitrogens with one attached hydrogen (secondary N) is 1. The van der Waals surface area contributed by atoms with Crippen molar-refractivity contribution in [2.24, 2.45) is 0 Å². The third-order valence-electron chi connectivity index (χ3n) is 5.82. The summed E-state index contributed by atoms with van der Waals surface area (Å²) in [5.74, 6) is 1.43. The Labute approximate surface area is 205 Å². The first-order valence-electron chi connectivity index (χ1n) is 10.7. The molecule has 2 aromatic carbocycles. The van der Waals surface area contributed by atoms with E-state index in [1.54, 1.807) is 41.4 Å². The number of non-ortho nitro benzene ring substituents is 1. The van der Waals surface area contributed by atoms with E-state index in [4.69, 9.17) is 21.4 Å². The van der Waals surface area contributed by atoms with Crippen LogP contribution in [0.2, 0.25) is 0 Å². The van der Waals surface area contributed by atoms with Gasteiger partial charge in [0.25, 0.3) is 5.69 Å². The minimum atomic E-state index is -0.479. The number of nitrogens with zero attached hydrogens (tertiary/aromatic N) is 3. The summed E-state index contributed by atoms with van der Waals surface area (Å²) in [6, 6.07) is 19.7. The molecule has 4 aromatic rings. The number of aromatic hydroxyl groups is 1. The van der Waals surface area contributed by atoms with Gasteiger partial charge in [-0.05, 0) is 54.7 Å². The summed E-state index contributed by atoms with van der Waals surface area (Å²) in [4.78, 5) is 17.0. The summed E-state index contributed by atoms with van der Waals surface area (Å²) in [5, 5.41) is 25.5. The van der Waals surface area contributed by atoms with Crippen LogP contribution in [0.1, 0.15) is 23.5 Å². The second kappa shape index (κ2) is 9.07. The molecule has 9 nitrogen and oxygen atoms in total. The highest BCUT2D eigenvalue weighted by molar-refractivity contribution is 7.80. The van der Waals surface area contributed by atoms with E-state index in [1.165, 1.54) is 19.2 Å². The maximum Gasteiger partial charge on any atom is 0.273 e. The Morgan fingerprint density at radius 3 is 2.66 bits per heavy atom. The Morgan fingerprint density at radius 2 is 1.94 bits per heavy atom. The molecule has 0 amide bonds. The molecular formula is C25H20N4O5S. The van der Waals surface area contributed by atoms with E-state index in [0.717, 1.165) is 5.69 Å². The third-order valence-corrected chi connectivity index (χ3v) is 6.13. The first kappa shape index (κ1) is 22.4. The fourth-order valence-corrected chi connectivity index (χ4v) is 4.56. The van der Waals surface area contributed by atoms with Crippen LogP contribution < -0.4 is 15.0 Å². The van der Waals surface area contributed by atoms with E-state index in [-0.39, 0.29) is 17.5 Å². The number of hydrogen-bond acceptors (Lipinski definition) is 7. The quantitative estimate of drug-likeness (QED) is 0.216. The van der Waals surface area contributed by atoms with Gasteiger partial charge in [0.05, 0.1) is 41.1 Å². The molecule has 0 radical (unpaired) electrons. The smallest absolute Gasteiger partial charge is 0.273 e. The number of rotatable bonds is 6. The average molecular weight is 489 g/mol. The Morgan fingerprint density at radius 1 is 1.14 bits per heavy atom. The van der Waals surface area contributed by atoms with Gasteiger partial charge in [0.2, 0.25) is 0 Å². The molecule has 0 spiro atoms. The van der Waals surface area contributed by atoms with E-state index in [2.05, 4.69) is 10.3 Å². The van der Waals surface area contributed by atoms with E-state index in [1.807, 2.05) is 30.3 Å². The molecule has 176 valence electrons. The number of furan rings is 1. The molecule has 3 heterocycles. The fourth-order valence-electron chi connectivity index (χ4n) is 4.22. The number of methoxy groups -OCH3 is 1. The minimum Gasteiger partial charge on any atom is -0.506 e. The van der Waals surface area contributed by atoms with Crippen LogP contribution in [0.4, 0.5) is 11.4 Å². The zero-order chi connectivity index (χ0) is 24.5. The van der Waals surface area contributed by atoms with E-state index in [0.29, 0.717) is 33.6 Å². The number of aromatic nitrogens is 1. The molecule has 1 saturated heterocycles. The summed E-state index contributed by atoms with van der Waals surface area (Å²) in [7, 11) is 1.45. The molecule has 2 unspecified atom stereocenters. The van der Waals surface area contributed by atoms with Crippen LogP contribution >= 0.6 is 12.2 Å². The first-order valence-corrected chi connectivity index (χ1v) is 11.1. The lowest BCUT2D eigenvalue weighted by Gasteiger charge is -2.26. The van der Waals surface area contributed by atoms with Gasteiger partial charge in [-0.2, -0.15) is 0 Å². The van der Waals surface area contributed by atoms with Crippen molar-refractivity contribution in [1.29, 1.82) is 0 Å².